The number of morpholine rings is 1. The highest BCUT2D eigenvalue weighted by molar-refractivity contribution is 14.0. The zero-order valence-corrected chi connectivity index (χ0v) is 21.2. The summed E-state index contributed by atoms with van der Waals surface area (Å²) in [6, 6.07) is 12.4. The number of benzene rings is 2. The van der Waals surface area contributed by atoms with Crippen molar-refractivity contribution >= 4 is 35.8 Å². The van der Waals surface area contributed by atoms with Crippen molar-refractivity contribution in [3.05, 3.63) is 70.5 Å². The third-order valence-corrected chi connectivity index (χ3v) is 5.36. The molecule has 1 unspecified atom stereocenters. The van der Waals surface area contributed by atoms with E-state index in [4.69, 9.17) is 4.74 Å². The fourth-order valence-electron chi connectivity index (χ4n) is 3.78. The summed E-state index contributed by atoms with van der Waals surface area (Å²) in [7, 11) is 1.76. The van der Waals surface area contributed by atoms with E-state index < -0.39 is 0 Å². The molecule has 1 aliphatic heterocycles. The topological polar surface area (TPSA) is 66.0 Å². The fourth-order valence-corrected chi connectivity index (χ4v) is 3.78. The number of carbonyl (C=O) groups is 1. The number of rotatable bonds is 6. The average Bonchev–Trinajstić information content (AvgIpc) is 2.75. The van der Waals surface area contributed by atoms with Crippen molar-refractivity contribution in [2.24, 2.45) is 4.99 Å². The molecule has 0 spiro atoms. The standard InChI is InChI=1S/C24H31FN4O2.HI/c1-17-4-9-21(18(2)14-17)22-16-29(12-13-31-22)24(26-3)28-11-10-27-23(30)15-19-5-7-20(25)8-6-19;/h4-9,14,22H,10-13,15-16H2,1-3H3,(H,26,28)(H,27,30);1H. The van der Waals surface area contributed by atoms with E-state index >= 15 is 0 Å². The molecule has 1 fully saturated rings. The Balaban J connectivity index is 0.00000363. The number of carbonyl (C=O) groups excluding carboxylic acids is 1. The molecule has 1 heterocycles. The quantitative estimate of drug-likeness (QED) is 0.249. The average molecular weight is 554 g/mol. The summed E-state index contributed by atoms with van der Waals surface area (Å²) in [4.78, 5) is 18.7. The van der Waals surface area contributed by atoms with Crippen LogP contribution in [0.5, 0.6) is 0 Å². The minimum absolute atomic E-state index is 0. The molecule has 32 heavy (non-hydrogen) atoms. The van der Waals surface area contributed by atoms with Gasteiger partial charge in [-0.1, -0.05) is 35.9 Å². The largest absolute Gasteiger partial charge is 0.370 e. The summed E-state index contributed by atoms with van der Waals surface area (Å²) in [5.41, 5.74) is 4.47. The maximum Gasteiger partial charge on any atom is 0.224 e. The van der Waals surface area contributed by atoms with Gasteiger partial charge in [0.15, 0.2) is 5.96 Å². The van der Waals surface area contributed by atoms with Gasteiger partial charge in [-0.3, -0.25) is 9.79 Å². The number of amides is 1. The lowest BCUT2D eigenvalue weighted by atomic mass is 10.00. The van der Waals surface area contributed by atoms with Crippen LogP contribution < -0.4 is 10.6 Å². The van der Waals surface area contributed by atoms with Gasteiger partial charge >= 0.3 is 0 Å². The van der Waals surface area contributed by atoms with E-state index in [1.54, 1.807) is 19.2 Å². The number of halogens is 2. The van der Waals surface area contributed by atoms with Crippen molar-refractivity contribution in [2.75, 3.05) is 39.8 Å². The number of aryl methyl sites for hydroxylation is 2. The van der Waals surface area contributed by atoms with Gasteiger partial charge in [-0.25, -0.2) is 4.39 Å². The number of guanidine groups is 1. The first kappa shape index (κ1) is 26.1. The Morgan fingerprint density at radius 1 is 1.16 bits per heavy atom. The van der Waals surface area contributed by atoms with Gasteiger partial charge in [-0.05, 0) is 42.7 Å². The summed E-state index contributed by atoms with van der Waals surface area (Å²) in [6.45, 7) is 7.37. The third kappa shape index (κ3) is 7.44. The van der Waals surface area contributed by atoms with Gasteiger partial charge in [0.1, 0.15) is 11.9 Å². The minimum atomic E-state index is -0.303. The first-order chi connectivity index (χ1) is 15.0. The zero-order chi connectivity index (χ0) is 22.2. The number of aliphatic imine (C=N–C) groups is 1. The van der Waals surface area contributed by atoms with E-state index in [0.29, 0.717) is 19.7 Å². The molecule has 0 bridgehead atoms. The normalized spacial score (nSPS) is 16.3. The van der Waals surface area contributed by atoms with E-state index in [1.807, 2.05) is 0 Å². The van der Waals surface area contributed by atoms with Crippen LogP contribution in [0.4, 0.5) is 4.39 Å². The molecule has 0 radical (unpaired) electrons. The van der Waals surface area contributed by atoms with Crippen LogP contribution in [0.25, 0.3) is 0 Å². The fraction of sp³-hybridized carbons (Fsp3) is 0.417. The molecule has 8 heteroatoms. The highest BCUT2D eigenvalue weighted by atomic mass is 127. The number of ether oxygens (including phenoxy) is 1. The zero-order valence-electron chi connectivity index (χ0n) is 18.9. The van der Waals surface area contributed by atoms with Crippen molar-refractivity contribution in [3.8, 4) is 0 Å². The van der Waals surface area contributed by atoms with E-state index in [2.05, 4.69) is 52.6 Å². The van der Waals surface area contributed by atoms with E-state index in [9.17, 15) is 9.18 Å². The predicted molar refractivity (Wildman–Crippen MR) is 136 cm³/mol. The van der Waals surface area contributed by atoms with E-state index in [-0.39, 0.29) is 48.2 Å². The highest BCUT2D eigenvalue weighted by Gasteiger charge is 2.25. The summed E-state index contributed by atoms with van der Waals surface area (Å²) >= 11 is 0. The Labute approximate surface area is 206 Å². The molecule has 2 aromatic carbocycles. The molecule has 174 valence electrons. The van der Waals surface area contributed by atoms with Crippen LogP contribution in [0.2, 0.25) is 0 Å². The van der Waals surface area contributed by atoms with Crippen LogP contribution >= 0.6 is 24.0 Å². The van der Waals surface area contributed by atoms with Crippen molar-refractivity contribution in [1.82, 2.24) is 15.5 Å². The molecule has 6 nitrogen and oxygen atoms in total. The lowest BCUT2D eigenvalue weighted by Gasteiger charge is -2.35. The Bertz CT molecular complexity index is 921. The molecule has 0 saturated carbocycles. The first-order valence-corrected chi connectivity index (χ1v) is 10.6. The first-order valence-electron chi connectivity index (χ1n) is 10.6. The predicted octanol–water partition coefficient (Wildman–Crippen LogP) is 3.37. The second-order valence-electron chi connectivity index (χ2n) is 7.79. The molecule has 1 amide bonds. The van der Waals surface area contributed by atoms with Crippen LogP contribution in [0.1, 0.15) is 28.4 Å². The monoisotopic (exact) mass is 554 g/mol. The van der Waals surface area contributed by atoms with E-state index in [1.165, 1.54) is 28.8 Å². The summed E-state index contributed by atoms with van der Waals surface area (Å²) in [6.07, 6.45) is 0.235. The molecule has 2 aromatic rings. The van der Waals surface area contributed by atoms with Crippen LogP contribution in [0.3, 0.4) is 0 Å². The molecule has 2 N–H and O–H groups in total. The summed E-state index contributed by atoms with van der Waals surface area (Å²) in [5.74, 6) is 0.401. The minimum Gasteiger partial charge on any atom is -0.370 e. The summed E-state index contributed by atoms with van der Waals surface area (Å²) in [5, 5.41) is 6.20. The Morgan fingerprint density at radius 2 is 1.88 bits per heavy atom. The van der Waals surface area contributed by atoms with Crippen LogP contribution in [0, 0.1) is 19.7 Å². The SMILES string of the molecule is CN=C(NCCNC(=O)Cc1ccc(F)cc1)N1CCOC(c2ccc(C)cc2C)C1.I. The van der Waals surface area contributed by atoms with Crippen molar-refractivity contribution in [1.29, 1.82) is 0 Å². The number of nitrogens with zero attached hydrogens (tertiary/aromatic N) is 2. The van der Waals surface area contributed by atoms with Gasteiger partial charge < -0.3 is 20.3 Å². The van der Waals surface area contributed by atoms with Crippen LogP contribution in [-0.4, -0.2) is 56.6 Å². The Kier molecular flexibility index (Phi) is 10.4. The van der Waals surface area contributed by atoms with Crippen LogP contribution in [-0.2, 0) is 16.0 Å². The molecular weight excluding hydrogens is 522 g/mol. The molecule has 0 aromatic heterocycles. The van der Waals surface area contributed by atoms with Gasteiger partial charge in [0.25, 0.3) is 0 Å². The molecular formula is C24H32FIN4O2. The van der Waals surface area contributed by atoms with Gasteiger partial charge in [0.2, 0.25) is 5.91 Å². The number of hydrogen-bond donors (Lipinski definition) is 2. The molecule has 1 aliphatic rings. The van der Waals surface area contributed by atoms with Crippen molar-refractivity contribution in [2.45, 2.75) is 26.4 Å². The molecule has 1 atom stereocenters. The molecule has 3 rings (SSSR count). The summed E-state index contributed by atoms with van der Waals surface area (Å²) < 4.78 is 19.0. The second-order valence-corrected chi connectivity index (χ2v) is 7.79. The van der Waals surface area contributed by atoms with Gasteiger partial charge in [-0.2, -0.15) is 0 Å². The smallest absolute Gasteiger partial charge is 0.224 e. The van der Waals surface area contributed by atoms with Gasteiger partial charge in [-0.15, -0.1) is 24.0 Å². The third-order valence-electron chi connectivity index (χ3n) is 5.36. The number of nitrogens with one attached hydrogen (secondary N) is 2. The van der Waals surface area contributed by atoms with Crippen LogP contribution in [0.15, 0.2) is 47.5 Å². The highest BCUT2D eigenvalue weighted by Crippen LogP contribution is 2.25. The Morgan fingerprint density at radius 3 is 2.56 bits per heavy atom. The number of hydrogen-bond acceptors (Lipinski definition) is 3. The lowest BCUT2D eigenvalue weighted by molar-refractivity contribution is -0.120. The van der Waals surface area contributed by atoms with Crippen molar-refractivity contribution in [3.63, 3.8) is 0 Å². The molecule has 1 saturated heterocycles. The maximum absolute atomic E-state index is 13.0. The lowest BCUT2D eigenvalue weighted by Crippen LogP contribution is -2.49. The molecule has 0 aliphatic carbocycles. The second kappa shape index (κ2) is 12.7. The van der Waals surface area contributed by atoms with Gasteiger partial charge in [0, 0.05) is 26.7 Å². The van der Waals surface area contributed by atoms with Gasteiger partial charge in [0.05, 0.1) is 19.6 Å². The van der Waals surface area contributed by atoms with Crippen molar-refractivity contribution < 1.29 is 13.9 Å². The maximum atomic E-state index is 13.0. The Hall–Kier alpha value is -2.20. The van der Waals surface area contributed by atoms with E-state index in [0.717, 1.165) is 24.6 Å².